The van der Waals surface area contributed by atoms with Gasteiger partial charge in [-0.25, -0.2) is 0 Å². The second-order valence-corrected chi connectivity index (χ2v) is 12.2. The Morgan fingerprint density at radius 1 is 0.432 bits per heavy atom. The molecule has 0 aliphatic heterocycles. The van der Waals surface area contributed by atoms with Gasteiger partial charge in [-0.1, -0.05) is 144 Å². The van der Waals surface area contributed by atoms with Gasteiger partial charge in [-0.15, -0.1) is 0 Å². The zero-order valence-corrected chi connectivity index (χ0v) is 26.4. The zero-order valence-electron chi connectivity index (χ0n) is 23.9. The minimum Gasteiger partial charge on any atom is -1.00 e. The Hall–Kier alpha value is -1.47. The molecule has 0 aliphatic carbocycles. The molecule has 3 rings (SSSR count). The van der Waals surface area contributed by atoms with Crippen LogP contribution in [0.1, 0.15) is 79.1 Å². The molecule has 3 heteroatoms. The maximum atomic E-state index is 2.33. The molecule has 204 valence electrons. The predicted octanol–water partition coefficient (Wildman–Crippen LogP) is 5.45. The first kappa shape index (κ1) is 33.6. The van der Waals surface area contributed by atoms with Crippen molar-refractivity contribution in [3.05, 3.63) is 91.0 Å². The van der Waals surface area contributed by atoms with Crippen molar-refractivity contribution >= 4 is 23.8 Å². The second-order valence-electron chi connectivity index (χ2n) is 9.99. The summed E-state index contributed by atoms with van der Waals surface area (Å²) < 4.78 is 1.42. The third-order valence-electron chi connectivity index (χ3n) is 6.99. The van der Waals surface area contributed by atoms with Crippen molar-refractivity contribution in [3.63, 3.8) is 0 Å². The fraction of sp³-hybridized carbons (Fsp3) is 0.471. The minimum absolute atomic E-state index is 0. The van der Waals surface area contributed by atoms with Gasteiger partial charge in [0.05, 0.1) is 26.2 Å². The summed E-state index contributed by atoms with van der Waals surface area (Å²) in [4.78, 5) is 0. The van der Waals surface area contributed by atoms with E-state index in [9.17, 15) is 0 Å². The van der Waals surface area contributed by atoms with E-state index >= 15 is 0 Å². The van der Waals surface area contributed by atoms with Crippen LogP contribution in [0.4, 0.5) is 0 Å². The molecule has 0 saturated heterocycles. The van der Waals surface area contributed by atoms with Gasteiger partial charge in [0.2, 0.25) is 0 Å². The van der Waals surface area contributed by atoms with E-state index in [0.29, 0.717) is 0 Å². The fourth-order valence-corrected chi connectivity index (χ4v) is 7.13. The summed E-state index contributed by atoms with van der Waals surface area (Å²) in [6.45, 7) is 15.0. The van der Waals surface area contributed by atoms with Gasteiger partial charge >= 0.3 is 0 Å². The highest BCUT2D eigenvalue weighted by atomic mass is 79.9. The number of hydrogen-bond donors (Lipinski definition) is 0. The van der Waals surface area contributed by atoms with Crippen LogP contribution in [0, 0.1) is 0 Å². The monoisotopic (exact) mass is 583 g/mol. The summed E-state index contributed by atoms with van der Waals surface area (Å²) in [7, 11) is -0.446. The molecule has 0 atom stereocenters. The van der Waals surface area contributed by atoms with Crippen molar-refractivity contribution in [2.24, 2.45) is 0 Å². The van der Waals surface area contributed by atoms with E-state index in [1.807, 2.05) is 0 Å². The summed E-state index contributed by atoms with van der Waals surface area (Å²) in [6, 6.07) is 32.3. The molecule has 1 nitrogen and oxygen atoms in total. The van der Waals surface area contributed by atoms with Crippen molar-refractivity contribution < 1.29 is 21.5 Å². The summed E-state index contributed by atoms with van der Waals surface area (Å²) in [5, 5.41) is 4.19. The standard InChI is InChI=1S/C18H15P.C16H36N.BrH/c1-4-10-16(11-5-1)19(17-12-6-2-7-13-17)18-14-8-3-9-15-18;1-5-9-13-17(14-10-6-2,15-11-7-3)16-12-8-4;/h1-15H;5-16H2,1-4H3;1H/q;+1;/p-1. The second kappa shape index (κ2) is 20.5. The number of nitrogens with zero attached hydrogens (tertiary/aromatic N) is 1. The van der Waals surface area contributed by atoms with Gasteiger partial charge in [0.1, 0.15) is 0 Å². The van der Waals surface area contributed by atoms with Crippen molar-refractivity contribution in [2.75, 3.05) is 26.2 Å². The zero-order chi connectivity index (χ0) is 25.9. The molecule has 0 fully saturated rings. The van der Waals surface area contributed by atoms with Gasteiger partial charge in [0.15, 0.2) is 0 Å². The van der Waals surface area contributed by atoms with E-state index in [1.165, 1.54) is 97.9 Å². The summed E-state index contributed by atoms with van der Waals surface area (Å²) in [6.07, 6.45) is 11.1. The number of benzene rings is 3. The van der Waals surface area contributed by atoms with E-state index in [-0.39, 0.29) is 17.0 Å². The summed E-state index contributed by atoms with van der Waals surface area (Å²) >= 11 is 0. The van der Waals surface area contributed by atoms with Crippen molar-refractivity contribution in [2.45, 2.75) is 79.1 Å². The molecular weight excluding hydrogens is 533 g/mol. The smallest absolute Gasteiger partial charge is 0.0786 e. The van der Waals surface area contributed by atoms with E-state index < -0.39 is 7.92 Å². The topological polar surface area (TPSA) is 0 Å². The molecule has 0 aliphatic rings. The van der Waals surface area contributed by atoms with Crippen LogP contribution >= 0.6 is 7.92 Å². The molecule has 37 heavy (non-hydrogen) atoms. The molecule has 0 spiro atoms. The molecule has 0 aromatic heterocycles. The van der Waals surface area contributed by atoms with Gasteiger partial charge in [-0.2, -0.15) is 0 Å². The highest BCUT2D eigenvalue weighted by Gasteiger charge is 2.24. The fourth-order valence-electron chi connectivity index (χ4n) is 4.82. The molecule has 0 unspecified atom stereocenters. The SMILES string of the molecule is CCCC[N+](CCCC)(CCCC)CCCC.[Br-].c1ccc(P(c2ccccc2)c2ccccc2)cc1. The maximum absolute atomic E-state index is 2.33. The number of hydrogen-bond acceptors (Lipinski definition) is 0. The molecule has 0 saturated carbocycles. The first-order valence-corrected chi connectivity index (χ1v) is 15.8. The molecular formula is C34H51BrNP. The number of halogens is 1. The molecule has 0 bridgehead atoms. The Labute approximate surface area is 240 Å². The Morgan fingerprint density at radius 2 is 0.676 bits per heavy atom. The van der Waals surface area contributed by atoms with E-state index in [2.05, 4.69) is 119 Å². The summed E-state index contributed by atoms with van der Waals surface area (Å²) in [5.41, 5.74) is 0. The van der Waals surface area contributed by atoms with Gasteiger partial charge < -0.3 is 21.5 Å². The van der Waals surface area contributed by atoms with E-state index in [1.54, 1.807) is 0 Å². The largest absolute Gasteiger partial charge is 1.00 e. The van der Waals surface area contributed by atoms with Gasteiger partial charge in [0, 0.05) is 0 Å². The van der Waals surface area contributed by atoms with Crippen molar-refractivity contribution in [1.82, 2.24) is 0 Å². The quantitative estimate of drug-likeness (QED) is 0.165. The normalized spacial score (nSPS) is 10.9. The van der Waals surface area contributed by atoms with Crippen LogP contribution in [0.25, 0.3) is 0 Å². The average molecular weight is 585 g/mol. The van der Waals surface area contributed by atoms with E-state index in [4.69, 9.17) is 0 Å². The lowest BCUT2D eigenvalue weighted by Gasteiger charge is -2.39. The molecule has 3 aromatic carbocycles. The number of quaternary nitrogens is 1. The lowest BCUT2D eigenvalue weighted by molar-refractivity contribution is -0.929. The van der Waals surface area contributed by atoms with Crippen LogP contribution in [0.15, 0.2) is 91.0 Å². The van der Waals surface area contributed by atoms with Gasteiger partial charge in [-0.3, -0.25) is 0 Å². The van der Waals surface area contributed by atoms with Crippen LogP contribution in [0.3, 0.4) is 0 Å². The third kappa shape index (κ3) is 12.3. The Morgan fingerprint density at radius 3 is 0.892 bits per heavy atom. The van der Waals surface area contributed by atoms with Gasteiger partial charge in [-0.05, 0) is 49.5 Å². The predicted molar refractivity (Wildman–Crippen MR) is 165 cm³/mol. The third-order valence-corrected chi connectivity index (χ3v) is 9.43. The first-order chi connectivity index (χ1) is 17.7. The van der Waals surface area contributed by atoms with Crippen LogP contribution in [-0.4, -0.2) is 30.7 Å². The lowest BCUT2D eigenvalue weighted by Crippen LogP contribution is -3.00. The number of unbranched alkanes of at least 4 members (excludes halogenated alkanes) is 4. The molecule has 0 radical (unpaired) electrons. The average Bonchev–Trinajstić information content (AvgIpc) is 2.94. The van der Waals surface area contributed by atoms with Crippen LogP contribution in [0.5, 0.6) is 0 Å². The maximum Gasteiger partial charge on any atom is 0.0786 e. The van der Waals surface area contributed by atoms with Crippen molar-refractivity contribution in [1.29, 1.82) is 0 Å². The molecule has 0 amide bonds. The molecule has 0 heterocycles. The minimum atomic E-state index is -0.446. The van der Waals surface area contributed by atoms with Gasteiger partial charge in [0.25, 0.3) is 0 Å². The first-order valence-electron chi connectivity index (χ1n) is 14.5. The lowest BCUT2D eigenvalue weighted by atomic mass is 10.1. The Bertz CT molecular complexity index is 769. The molecule has 3 aromatic rings. The summed E-state index contributed by atoms with van der Waals surface area (Å²) in [5.74, 6) is 0. The highest BCUT2D eigenvalue weighted by molar-refractivity contribution is 7.79. The van der Waals surface area contributed by atoms with Crippen LogP contribution in [0.2, 0.25) is 0 Å². The molecule has 0 N–H and O–H groups in total. The highest BCUT2D eigenvalue weighted by Crippen LogP contribution is 2.32. The van der Waals surface area contributed by atoms with Crippen LogP contribution < -0.4 is 32.9 Å². The number of rotatable bonds is 15. The van der Waals surface area contributed by atoms with Crippen LogP contribution in [-0.2, 0) is 0 Å². The van der Waals surface area contributed by atoms with E-state index in [0.717, 1.165) is 0 Å². The Balaban J connectivity index is 0.000000364. The Kier molecular flexibility index (Phi) is 18.6. The van der Waals surface area contributed by atoms with Crippen molar-refractivity contribution in [3.8, 4) is 0 Å².